The van der Waals surface area contributed by atoms with Gasteiger partial charge in [0.1, 0.15) is 5.69 Å². The molecule has 1 aliphatic carbocycles. The van der Waals surface area contributed by atoms with Gasteiger partial charge in [0.15, 0.2) is 0 Å². The Morgan fingerprint density at radius 1 is 1.48 bits per heavy atom. The number of aryl methyl sites for hydroxylation is 1. The average Bonchev–Trinajstić information content (AvgIpc) is 3.06. The van der Waals surface area contributed by atoms with Crippen LogP contribution in [0.25, 0.3) is 0 Å². The van der Waals surface area contributed by atoms with E-state index < -0.39 is 0 Å². The molecule has 0 aliphatic heterocycles. The van der Waals surface area contributed by atoms with Crippen molar-refractivity contribution in [1.82, 2.24) is 20.5 Å². The van der Waals surface area contributed by atoms with Crippen LogP contribution in [-0.4, -0.2) is 39.4 Å². The van der Waals surface area contributed by atoms with Gasteiger partial charge in [0.05, 0.1) is 19.3 Å². The van der Waals surface area contributed by atoms with E-state index in [2.05, 4.69) is 27.4 Å². The molecule has 0 radical (unpaired) electrons. The van der Waals surface area contributed by atoms with Gasteiger partial charge in [-0.15, -0.1) is 0 Å². The molecule has 3 N–H and O–H groups in total. The summed E-state index contributed by atoms with van der Waals surface area (Å²) >= 11 is 0. The second kappa shape index (κ2) is 7.65. The highest BCUT2D eigenvalue weighted by atomic mass is 16.5. The summed E-state index contributed by atoms with van der Waals surface area (Å²) in [5.41, 5.74) is 2.24. The zero-order chi connectivity index (χ0) is 17.8. The highest BCUT2D eigenvalue weighted by molar-refractivity contribution is 5.92. The van der Waals surface area contributed by atoms with E-state index in [1.165, 1.54) is 0 Å². The molecule has 1 amide bonds. The van der Waals surface area contributed by atoms with Gasteiger partial charge < -0.3 is 15.2 Å². The lowest BCUT2D eigenvalue weighted by atomic mass is 9.75. The normalized spacial score (nSPS) is 20.6. The third-order valence-electron chi connectivity index (χ3n) is 4.62. The molecule has 0 unspecified atom stereocenters. The minimum atomic E-state index is -0.294. The van der Waals surface area contributed by atoms with Crippen LogP contribution in [0.3, 0.4) is 0 Å². The van der Waals surface area contributed by atoms with Crippen molar-refractivity contribution in [3.63, 3.8) is 0 Å². The van der Waals surface area contributed by atoms with Gasteiger partial charge in [0, 0.05) is 18.0 Å². The van der Waals surface area contributed by atoms with E-state index in [1.807, 2.05) is 6.07 Å². The maximum Gasteiger partial charge on any atom is 0.272 e. The summed E-state index contributed by atoms with van der Waals surface area (Å²) in [6, 6.07) is 5.25. The van der Waals surface area contributed by atoms with Crippen molar-refractivity contribution in [2.75, 3.05) is 7.11 Å². The van der Waals surface area contributed by atoms with Gasteiger partial charge in [-0.25, -0.2) is 4.98 Å². The van der Waals surface area contributed by atoms with Crippen molar-refractivity contribution in [2.24, 2.45) is 5.92 Å². The highest BCUT2D eigenvalue weighted by Crippen LogP contribution is 2.38. The number of aromatic nitrogens is 3. The number of nitrogens with one attached hydrogen (secondary N) is 2. The SMILES string of the molecule is CCCc1cc(C(=O)N[C@@H](c2ccc(OC)nc2)C2CC(O)C2)n[nH]1. The summed E-state index contributed by atoms with van der Waals surface area (Å²) in [6.07, 6.45) is 4.60. The van der Waals surface area contributed by atoms with Crippen LogP contribution in [0.1, 0.15) is 54.0 Å². The summed E-state index contributed by atoms with van der Waals surface area (Å²) in [5, 5.41) is 19.7. The molecular weight excluding hydrogens is 320 g/mol. The van der Waals surface area contributed by atoms with Crippen molar-refractivity contribution in [3.05, 3.63) is 41.3 Å². The average molecular weight is 344 g/mol. The fourth-order valence-electron chi connectivity index (χ4n) is 3.16. The number of aliphatic hydroxyl groups is 1. The number of methoxy groups -OCH3 is 1. The number of hydrogen-bond acceptors (Lipinski definition) is 5. The number of hydrogen-bond donors (Lipinski definition) is 3. The van der Waals surface area contributed by atoms with E-state index in [0.717, 1.165) is 24.1 Å². The quantitative estimate of drug-likeness (QED) is 0.713. The smallest absolute Gasteiger partial charge is 0.272 e. The van der Waals surface area contributed by atoms with E-state index >= 15 is 0 Å². The van der Waals surface area contributed by atoms with Crippen LogP contribution in [0, 0.1) is 5.92 Å². The summed E-state index contributed by atoms with van der Waals surface area (Å²) < 4.78 is 5.09. The monoisotopic (exact) mass is 344 g/mol. The Hall–Kier alpha value is -2.41. The second-order valence-electron chi connectivity index (χ2n) is 6.50. The van der Waals surface area contributed by atoms with Crippen LogP contribution >= 0.6 is 0 Å². The Morgan fingerprint density at radius 2 is 2.28 bits per heavy atom. The fraction of sp³-hybridized carbons (Fsp3) is 0.500. The molecule has 2 aromatic rings. The molecule has 2 heterocycles. The number of ether oxygens (including phenoxy) is 1. The second-order valence-corrected chi connectivity index (χ2v) is 6.50. The Balaban J connectivity index is 1.75. The molecule has 134 valence electrons. The van der Waals surface area contributed by atoms with Crippen LogP contribution in [-0.2, 0) is 6.42 Å². The van der Waals surface area contributed by atoms with Crippen molar-refractivity contribution in [1.29, 1.82) is 0 Å². The van der Waals surface area contributed by atoms with Crippen LogP contribution < -0.4 is 10.1 Å². The highest BCUT2D eigenvalue weighted by Gasteiger charge is 2.36. The first-order valence-corrected chi connectivity index (χ1v) is 8.63. The Kier molecular flexibility index (Phi) is 5.33. The molecule has 1 saturated carbocycles. The first-order chi connectivity index (χ1) is 12.1. The Morgan fingerprint density at radius 3 is 2.88 bits per heavy atom. The maximum atomic E-state index is 12.6. The molecule has 2 aromatic heterocycles. The third kappa shape index (κ3) is 3.99. The van der Waals surface area contributed by atoms with Crippen molar-refractivity contribution in [2.45, 2.75) is 44.8 Å². The standard InChI is InChI=1S/C18H24N4O3/c1-3-4-13-9-15(22-21-13)18(24)20-17(12-7-14(23)8-12)11-5-6-16(25-2)19-10-11/h5-6,9-10,12,14,17,23H,3-4,7-8H2,1-2H3,(H,20,24)(H,21,22)/t12?,14?,17-/m0/s1. The summed E-state index contributed by atoms with van der Waals surface area (Å²) in [7, 11) is 1.56. The zero-order valence-electron chi connectivity index (χ0n) is 14.5. The fourth-order valence-corrected chi connectivity index (χ4v) is 3.16. The first-order valence-electron chi connectivity index (χ1n) is 8.63. The Labute approximate surface area is 146 Å². The molecule has 7 nitrogen and oxygen atoms in total. The maximum absolute atomic E-state index is 12.6. The largest absolute Gasteiger partial charge is 0.481 e. The lowest BCUT2D eigenvalue weighted by Crippen LogP contribution is -2.41. The molecule has 0 bridgehead atoms. The lowest BCUT2D eigenvalue weighted by Gasteiger charge is -2.38. The predicted octanol–water partition coefficient (Wildman–Crippen LogP) is 2.01. The number of pyridine rings is 1. The van der Waals surface area contributed by atoms with Crippen LogP contribution in [0.15, 0.2) is 24.4 Å². The number of carbonyl (C=O) groups excluding carboxylic acids is 1. The third-order valence-corrected chi connectivity index (χ3v) is 4.62. The van der Waals surface area contributed by atoms with Crippen LogP contribution in [0.5, 0.6) is 5.88 Å². The molecule has 1 atom stereocenters. The molecule has 7 heteroatoms. The number of H-pyrrole nitrogens is 1. The minimum Gasteiger partial charge on any atom is -0.481 e. The number of aromatic amines is 1. The van der Waals surface area contributed by atoms with Gasteiger partial charge in [0.2, 0.25) is 5.88 Å². The van der Waals surface area contributed by atoms with Gasteiger partial charge in [0.25, 0.3) is 5.91 Å². The molecular formula is C18H24N4O3. The van der Waals surface area contributed by atoms with Crippen LogP contribution in [0.4, 0.5) is 0 Å². The number of aliphatic hydroxyl groups excluding tert-OH is 1. The van der Waals surface area contributed by atoms with Crippen molar-refractivity contribution in [3.8, 4) is 5.88 Å². The molecule has 0 saturated heterocycles. The van der Waals surface area contributed by atoms with Crippen molar-refractivity contribution < 1.29 is 14.6 Å². The van der Waals surface area contributed by atoms with Gasteiger partial charge in [-0.1, -0.05) is 19.4 Å². The van der Waals surface area contributed by atoms with Gasteiger partial charge in [-0.05, 0) is 36.8 Å². The van der Waals surface area contributed by atoms with E-state index in [0.29, 0.717) is 24.4 Å². The van der Waals surface area contributed by atoms with E-state index in [9.17, 15) is 9.90 Å². The van der Waals surface area contributed by atoms with E-state index in [-0.39, 0.29) is 24.0 Å². The zero-order valence-corrected chi connectivity index (χ0v) is 14.5. The number of nitrogens with zero attached hydrogens (tertiary/aromatic N) is 2. The lowest BCUT2D eigenvalue weighted by molar-refractivity contribution is 0.0234. The summed E-state index contributed by atoms with van der Waals surface area (Å²) in [6.45, 7) is 2.08. The van der Waals surface area contributed by atoms with E-state index in [1.54, 1.807) is 25.4 Å². The van der Waals surface area contributed by atoms with Gasteiger partial charge in [-0.2, -0.15) is 5.10 Å². The van der Waals surface area contributed by atoms with E-state index in [4.69, 9.17) is 4.74 Å². The molecule has 0 spiro atoms. The summed E-state index contributed by atoms with van der Waals surface area (Å²) in [5.74, 6) is 0.489. The topological polar surface area (TPSA) is 100 Å². The predicted molar refractivity (Wildman–Crippen MR) is 92.3 cm³/mol. The Bertz CT molecular complexity index is 707. The van der Waals surface area contributed by atoms with Gasteiger partial charge >= 0.3 is 0 Å². The minimum absolute atomic E-state index is 0.184. The number of amides is 1. The summed E-state index contributed by atoms with van der Waals surface area (Å²) in [4.78, 5) is 16.8. The van der Waals surface area contributed by atoms with Gasteiger partial charge in [-0.3, -0.25) is 9.89 Å². The molecule has 0 aromatic carbocycles. The van der Waals surface area contributed by atoms with Crippen LogP contribution in [0.2, 0.25) is 0 Å². The number of carbonyl (C=O) groups is 1. The molecule has 1 aliphatic rings. The first kappa shape index (κ1) is 17.4. The molecule has 1 fully saturated rings. The molecule has 3 rings (SSSR count). The molecule has 25 heavy (non-hydrogen) atoms. The van der Waals surface area contributed by atoms with Crippen molar-refractivity contribution >= 4 is 5.91 Å². The number of rotatable bonds is 7.